The second-order valence-corrected chi connectivity index (χ2v) is 9.78. The highest BCUT2D eigenvalue weighted by Gasteiger charge is 2.15. The lowest BCUT2D eigenvalue weighted by Crippen LogP contribution is -2.18. The monoisotopic (exact) mass is 593 g/mol. The van der Waals surface area contributed by atoms with Crippen molar-refractivity contribution in [3.05, 3.63) is 124 Å². The number of hydrogen-bond donors (Lipinski definition) is 1. The highest BCUT2D eigenvalue weighted by atomic mass is 35.5. The van der Waals surface area contributed by atoms with Gasteiger partial charge in [-0.1, -0.05) is 72.3 Å². The normalized spacial score (nSPS) is 11.0. The van der Waals surface area contributed by atoms with E-state index in [0.29, 0.717) is 51.0 Å². The minimum atomic E-state index is -0.376. The molecule has 0 bridgehead atoms. The molecule has 1 heterocycles. The summed E-state index contributed by atoms with van der Waals surface area (Å²) in [4.78, 5) is 29.8. The smallest absolute Gasteiger partial charge is 0.338 e. The van der Waals surface area contributed by atoms with Gasteiger partial charge in [-0.25, -0.2) is 15.2 Å². The number of fused-ring (bicyclic) bond motifs is 1. The number of halogens is 1. The van der Waals surface area contributed by atoms with Crippen molar-refractivity contribution < 1.29 is 23.8 Å². The first-order valence-electron chi connectivity index (χ1n) is 13.5. The first kappa shape index (κ1) is 29.3. The van der Waals surface area contributed by atoms with Crippen molar-refractivity contribution in [2.45, 2.75) is 13.5 Å². The van der Waals surface area contributed by atoms with Crippen LogP contribution in [0.4, 0.5) is 0 Å². The molecule has 8 nitrogen and oxygen atoms in total. The van der Waals surface area contributed by atoms with Crippen LogP contribution in [-0.2, 0) is 11.3 Å². The summed E-state index contributed by atoms with van der Waals surface area (Å²) >= 11 is 6.54. The molecule has 0 fully saturated rings. The Morgan fingerprint density at radius 1 is 0.953 bits per heavy atom. The summed E-state index contributed by atoms with van der Waals surface area (Å²) in [5.41, 5.74) is 7.26. The quantitative estimate of drug-likeness (QED) is 0.105. The lowest BCUT2D eigenvalue weighted by molar-refractivity contribution is 0.0526. The van der Waals surface area contributed by atoms with Gasteiger partial charge in [0.05, 0.1) is 47.3 Å². The van der Waals surface area contributed by atoms with Crippen LogP contribution in [0, 0.1) is 0 Å². The third-order valence-corrected chi connectivity index (χ3v) is 6.79. The number of aromatic nitrogens is 1. The van der Waals surface area contributed by atoms with Crippen LogP contribution in [-0.4, -0.2) is 36.8 Å². The van der Waals surface area contributed by atoms with Crippen LogP contribution in [0.2, 0.25) is 5.02 Å². The van der Waals surface area contributed by atoms with E-state index in [1.54, 1.807) is 49.4 Å². The summed E-state index contributed by atoms with van der Waals surface area (Å²) in [7, 11) is 1.51. The first-order chi connectivity index (χ1) is 21.0. The predicted molar refractivity (Wildman–Crippen MR) is 167 cm³/mol. The Balaban J connectivity index is 1.30. The Bertz CT molecular complexity index is 1790. The second-order valence-electron chi connectivity index (χ2n) is 9.38. The number of benzene rings is 4. The van der Waals surface area contributed by atoms with Crippen LogP contribution in [0.15, 0.2) is 102 Å². The number of para-hydroxylation sites is 1. The summed E-state index contributed by atoms with van der Waals surface area (Å²) in [5.74, 6) is 0.00535. The largest absolute Gasteiger partial charge is 0.493 e. The van der Waals surface area contributed by atoms with Crippen molar-refractivity contribution in [1.82, 2.24) is 10.4 Å². The number of hydrogen-bond acceptors (Lipinski definition) is 7. The van der Waals surface area contributed by atoms with Gasteiger partial charge in [-0.05, 0) is 54.4 Å². The SMILES string of the molecule is CCOC(=O)c1ccc(COc2c(Cl)cc(/C=N\NC(=O)c3cc(-c4ccccc4)nc4ccccc34)cc2OC)cc1. The number of carbonyl (C=O) groups excluding carboxylic acids is 2. The van der Waals surface area contributed by atoms with E-state index in [1.165, 1.54) is 13.3 Å². The van der Waals surface area contributed by atoms with Crippen molar-refractivity contribution >= 4 is 40.6 Å². The fourth-order valence-corrected chi connectivity index (χ4v) is 4.68. The van der Waals surface area contributed by atoms with E-state index in [9.17, 15) is 9.59 Å². The topological polar surface area (TPSA) is 99.1 Å². The third-order valence-electron chi connectivity index (χ3n) is 6.51. The number of carbonyl (C=O) groups is 2. The fourth-order valence-electron chi connectivity index (χ4n) is 4.41. The van der Waals surface area contributed by atoms with Gasteiger partial charge in [-0.2, -0.15) is 5.10 Å². The number of methoxy groups -OCH3 is 1. The fraction of sp³-hybridized carbons (Fsp3) is 0.118. The van der Waals surface area contributed by atoms with Crippen molar-refractivity contribution in [1.29, 1.82) is 0 Å². The Morgan fingerprint density at radius 2 is 1.70 bits per heavy atom. The van der Waals surface area contributed by atoms with Crippen LogP contribution in [0.5, 0.6) is 11.5 Å². The Hall–Kier alpha value is -5.21. The maximum absolute atomic E-state index is 13.2. The summed E-state index contributed by atoms with van der Waals surface area (Å²) in [6, 6.07) is 29.2. The molecule has 1 aromatic heterocycles. The molecule has 5 rings (SSSR count). The Morgan fingerprint density at radius 3 is 2.44 bits per heavy atom. The minimum Gasteiger partial charge on any atom is -0.493 e. The second kappa shape index (κ2) is 13.6. The maximum Gasteiger partial charge on any atom is 0.338 e. The van der Waals surface area contributed by atoms with E-state index in [0.717, 1.165) is 16.5 Å². The van der Waals surface area contributed by atoms with E-state index < -0.39 is 0 Å². The van der Waals surface area contributed by atoms with Crippen LogP contribution in [0.3, 0.4) is 0 Å². The Labute approximate surface area is 253 Å². The number of pyridine rings is 1. The molecule has 0 aliphatic carbocycles. The average molecular weight is 594 g/mol. The number of ether oxygens (including phenoxy) is 3. The molecule has 0 aliphatic heterocycles. The van der Waals surface area contributed by atoms with Gasteiger partial charge in [0.15, 0.2) is 11.5 Å². The molecular formula is C34H28ClN3O5. The first-order valence-corrected chi connectivity index (χ1v) is 13.9. The van der Waals surface area contributed by atoms with Crippen molar-refractivity contribution in [3.63, 3.8) is 0 Å². The Kier molecular flexibility index (Phi) is 9.29. The number of hydrazone groups is 1. The number of nitrogens with zero attached hydrogens (tertiary/aromatic N) is 2. The molecule has 0 spiro atoms. The molecule has 0 unspecified atom stereocenters. The summed E-state index contributed by atoms with van der Waals surface area (Å²) in [5, 5.41) is 5.19. The van der Waals surface area contributed by atoms with E-state index in [2.05, 4.69) is 10.5 Å². The van der Waals surface area contributed by atoms with Crippen molar-refractivity contribution in [2.75, 3.05) is 13.7 Å². The van der Waals surface area contributed by atoms with Crippen molar-refractivity contribution in [2.24, 2.45) is 5.10 Å². The maximum atomic E-state index is 13.2. The van der Waals surface area contributed by atoms with Gasteiger partial charge in [0.1, 0.15) is 6.61 Å². The van der Waals surface area contributed by atoms with Crippen LogP contribution in [0.1, 0.15) is 38.8 Å². The third kappa shape index (κ3) is 6.99. The van der Waals surface area contributed by atoms with Gasteiger partial charge in [0, 0.05) is 10.9 Å². The minimum absolute atomic E-state index is 0.202. The van der Waals surface area contributed by atoms with Gasteiger partial charge >= 0.3 is 5.97 Å². The summed E-state index contributed by atoms with van der Waals surface area (Å²) in [6.45, 7) is 2.27. The lowest BCUT2D eigenvalue weighted by Gasteiger charge is -2.13. The standard InChI is InChI=1S/C34H28ClN3O5/c1-3-42-34(40)25-15-13-22(14-16-25)21-43-32-28(35)17-23(18-31(32)41-2)20-36-38-33(39)27-19-30(24-9-5-4-6-10-24)37-29-12-8-7-11-26(27)29/h4-20H,3,21H2,1-2H3,(H,38,39)/b36-20-. The molecule has 43 heavy (non-hydrogen) atoms. The molecule has 1 N–H and O–H groups in total. The number of esters is 1. The zero-order valence-electron chi connectivity index (χ0n) is 23.5. The molecule has 4 aromatic carbocycles. The van der Waals surface area contributed by atoms with E-state index in [1.807, 2.05) is 54.6 Å². The summed E-state index contributed by atoms with van der Waals surface area (Å²) < 4.78 is 16.5. The van der Waals surface area contributed by atoms with Gasteiger partial charge in [0.25, 0.3) is 5.91 Å². The zero-order valence-corrected chi connectivity index (χ0v) is 24.3. The molecule has 0 saturated carbocycles. The zero-order chi connectivity index (χ0) is 30.2. The molecule has 5 aromatic rings. The number of amides is 1. The number of nitrogens with one attached hydrogen (secondary N) is 1. The van der Waals surface area contributed by atoms with Crippen LogP contribution in [0.25, 0.3) is 22.2 Å². The van der Waals surface area contributed by atoms with E-state index in [-0.39, 0.29) is 18.5 Å². The lowest BCUT2D eigenvalue weighted by atomic mass is 10.0. The molecule has 9 heteroatoms. The van der Waals surface area contributed by atoms with Gasteiger partial charge in [-0.15, -0.1) is 0 Å². The molecule has 1 amide bonds. The van der Waals surface area contributed by atoms with Gasteiger partial charge in [0.2, 0.25) is 0 Å². The number of rotatable bonds is 10. The molecule has 0 atom stereocenters. The summed E-state index contributed by atoms with van der Waals surface area (Å²) in [6.07, 6.45) is 1.48. The van der Waals surface area contributed by atoms with Crippen molar-refractivity contribution in [3.8, 4) is 22.8 Å². The average Bonchev–Trinajstić information content (AvgIpc) is 3.04. The predicted octanol–water partition coefficient (Wildman–Crippen LogP) is 7.08. The molecule has 0 aliphatic rings. The molecule has 0 saturated heterocycles. The molecular weight excluding hydrogens is 566 g/mol. The van der Waals surface area contributed by atoms with E-state index in [4.69, 9.17) is 30.8 Å². The molecule has 216 valence electrons. The van der Waals surface area contributed by atoms with Gasteiger partial charge < -0.3 is 14.2 Å². The highest BCUT2D eigenvalue weighted by Crippen LogP contribution is 2.36. The highest BCUT2D eigenvalue weighted by molar-refractivity contribution is 6.32. The van der Waals surface area contributed by atoms with Gasteiger partial charge in [-0.3, -0.25) is 4.79 Å². The van der Waals surface area contributed by atoms with E-state index >= 15 is 0 Å². The van der Waals surface area contributed by atoms with Crippen LogP contribution >= 0.6 is 11.6 Å². The molecule has 0 radical (unpaired) electrons. The van der Waals surface area contributed by atoms with Crippen LogP contribution < -0.4 is 14.9 Å².